The molecule has 4 rings (SSSR count). The van der Waals surface area contributed by atoms with Crippen molar-refractivity contribution < 1.29 is 0 Å². The topological polar surface area (TPSA) is 6.48 Å². The van der Waals surface area contributed by atoms with Crippen molar-refractivity contribution in [2.24, 2.45) is 5.92 Å². The summed E-state index contributed by atoms with van der Waals surface area (Å²) in [5.74, 6) is 0.976. The van der Waals surface area contributed by atoms with Gasteiger partial charge in [0.15, 0.2) is 0 Å². The molecule has 0 amide bonds. The number of hydrogen-bond donors (Lipinski definition) is 0. The summed E-state index contributed by atoms with van der Waals surface area (Å²) in [6.07, 6.45) is 12.2. The monoisotopic (exact) mass is 374 g/mol. The third kappa shape index (κ3) is 3.70. The molecule has 2 nitrogen and oxygen atoms in total. The fourth-order valence-corrected chi connectivity index (χ4v) is 5.71. The van der Waals surface area contributed by atoms with E-state index in [1.165, 1.54) is 76.4 Å². The molecular weight excluding hydrogens is 340 g/mol. The number of piperidine rings is 1. The van der Waals surface area contributed by atoms with Gasteiger partial charge >= 0.3 is 0 Å². The van der Waals surface area contributed by atoms with Crippen LogP contribution in [0.1, 0.15) is 70.3 Å². The fraction of sp³-hybridized carbons (Fsp3) is 0.739. The lowest BCUT2D eigenvalue weighted by Gasteiger charge is -2.50. The van der Waals surface area contributed by atoms with Crippen LogP contribution in [-0.4, -0.2) is 42.0 Å². The summed E-state index contributed by atoms with van der Waals surface area (Å²) in [6.45, 7) is 5.01. The predicted molar refractivity (Wildman–Crippen MR) is 111 cm³/mol. The minimum atomic E-state index is 0.226. The molecule has 0 radical (unpaired) electrons. The Kier molecular flexibility index (Phi) is 5.64. The zero-order valence-corrected chi connectivity index (χ0v) is 17.3. The molecule has 26 heavy (non-hydrogen) atoms. The van der Waals surface area contributed by atoms with Crippen LogP contribution in [0.15, 0.2) is 24.3 Å². The summed E-state index contributed by atoms with van der Waals surface area (Å²) in [5.41, 5.74) is 1.71. The molecule has 3 aliphatic rings. The van der Waals surface area contributed by atoms with Crippen LogP contribution in [-0.2, 0) is 5.54 Å². The smallest absolute Gasteiger partial charge is 0.0461 e. The molecule has 1 saturated heterocycles. The first-order valence-electron chi connectivity index (χ1n) is 10.9. The number of likely N-dealkylation sites (tertiary alicyclic amines) is 1. The molecule has 0 spiro atoms. The maximum Gasteiger partial charge on any atom is 0.0461 e. The second-order valence-electron chi connectivity index (χ2n) is 9.00. The highest BCUT2D eigenvalue weighted by Gasteiger charge is 2.46. The Morgan fingerprint density at radius 1 is 1.00 bits per heavy atom. The highest BCUT2D eigenvalue weighted by atomic mass is 35.5. The summed E-state index contributed by atoms with van der Waals surface area (Å²) in [7, 11) is 2.37. The van der Waals surface area contributed by atoms with Crippen molar-refractivity contribution in [2.75, 3.05) is 20.1 Å². The quantitative estimate of drug-likeness (QED) is 0.652. The van der Waals surface area contributed by atoms with Gasteiger partial charge in [0.25, 0.3) is 0 Å². The van der Waals surface area contributed by atoms with Crippen molar-refractivity contribution >= 4 is 11.6 Å². The highest BCUT2D eigenvalue weighted by Crippen LogP contribution is 2.47. The van der Waals surface area contributed by atoms with Gasteiger partial charge in [-0.3, -0.25) is 4.90 Å². The van der Waals surface area contributed by atoms with Crippen LogP contribution < -0.4 is 0 Å². The second kappa shape index (κ2) is 7.81. The van der Waals surface area contributed by atoms with Crippen LogP contribution in [0.4, 0.5) is 0 Å². The molecule has 1 aromatic rings. The maximum atomic E-state index is 6.18. The van der Waals surface area contributed by atoms with E-state index in [1.54, 1.807) is 0 Å². The lowest BCUT2D eigenvalue weighted by molar-refractivity contribution is 0.0185. The molecule has 144 valence electrons. The van der Waals surface area contributed by atoms with Crippen molar-refractivity contribution in [3.8, 4) is 0 Å². The van der Waals surface area contributed by atoms with Crippen LogP contribution in [0.5, 0.6) is 0 Å². The number of rotatable bonds is 5. The number of benzene rings is 1. The van der Waals surface area contributed by atoms with E-state index in [4.69, 9.17) is 11.6 Å². The zero-order valence-electron chi connectivity index (χ0n) is 16.6. The Morgan fingerprint density at radius 3 is 2.15 bits per heavy atom. The standard InChI is InChI=1S/C23H35ClN2/c1-3-18-12-16-26(17-13-18)22-10-14-23(15-11-22,25(2)21-8-9-21)19-4-6-20(24)7-5-19/h4-7,18,21-22H,3,8-17H2,1-2H3. The van der Waals surface area contributed by atoms with E-state index in [2.05, 4.69) is 48.0 Å². The molecule has 0 aromatic heterocycles. The first kappa shape index (κ1) is 18.8. The van der Waals surface area contributed by atoms with Gasteiger partial charge in [0.1, 0.15) is 0 Å². The van der Waals surface area contributed by atoms with E-state index in [9.17, 15) is 0 Å². The van der Waals surface area contributed by atoms with Gasteiger partial charge in [-0.25, -0.2) is 0 Å². The summed E-state index contributed by atoms with van der Waals surface area (Å²) in [5, 5.41) is 0.852. The van der Waals surface area contributed by atoms with Crippen LogP contribution >= 0.6 is 11.6 Å². The van der Waals surface area contributed by atoms with E-state index in [1.807, 2.05) is 0 Å². The van der Waals surface area contributed by atoms with Crippen LogP contribution in [0, 0.1) is 5.92 Å². The molecule has 1 aliphatic heterocycles. The highest BCUT2D eigenvalue weighted by molar-refractivity contribution is 6.30. The molecule has 2 aliphatic carbocycles. The van der Waals surface area contributed by atoms with Crippen molar-refractivity contribution in [2.45, 2.75) is 82.3 Å². The average molecular weight is 375 g/mol. The van der Waals surface area contributed by atoms with Gasteiger partial charge in [-0.05, 0) is 95.1 Å². The predicted octanol–water partition coefficient (Wildman–Crippen LogP) is 5.69. The summed E-state index contributed by atoms with van der Waals surface area (Å²) in [4.78, 5) is 5.53. The lowest BCUT2D eigenvalue weighted by atomic mass is 9.73. The first-order valence-corrected chi connectivity index (χ1v) is 11.2. The number of hydrogen-bond acceptors (Lipinski definition) is 2. The minimum absolute atomic E-state index is 0.226. The third-order valence-corrected chi connectivity index (χ3v) is 7.93. The first-order chi connectivity index (χ1) is 12.6. The number of halogens is 1. The molecule has 0 N–H and O–H groups in total. The molecular formula is C23H35ClN2. The van der Waals surface area contributed by atoms with Crippen LogP contribution in [0.2, 0.25) is 5.02 Å². The summed E-state index contributed by atoms with van der Waals surface area (Å²) >= 11 is 6.18. The SMILES string of the molecule is CCC1CCN(C2CCC(c3ccc(Cl)cc3)(N(C)C3CC3)CC2)CC1. The van der Waals surface area contributed by atoms with Crippen molar-refractivity contribution in [3.63, 3.8) is 0 Å². The van der Waals surface area contributed by atoms with Crippen LogP contribution in [0.25, 0.3) is 0 Å². The van der Waals surface area contributed by atoms with E-state index in [-0.39, 0.29) is 5.54 Å². The average Bonchev–Trinajstić information content (AvgIpc) is 3.53. The normalized spacial score (nSPS) is 31.5. The minimum Gasteiger partial charge on any atom is -0.300 e. The lowest BCUT2D eigenvalue weighted by Crippen LogP contribution is -2.51. The maximum absolute atomic E-state index is 6.18. The molecule has 0 unspecified atom stereocenters. The fourth-order valence-electron chi connectivity index (χ4n) is 5.59. The van der Waals surface area contributed by atoms with Gasteiger partial charge < -0.3 is 4.90 Å². The van der Waals surface area contributed by atoms with Gasteiger partial charge in [-0.15, -0.1) is 0 Å². The van der Waals surface area contributed by atoms with E-state index in [0.29, 0.717) is 0 Å². The van der Waals surface area contributed by atoms with Crippen LogP contribution in [0.3, 0.4) is 0 Å². The summed E-state index contributed by atoms with van der Waals surface area (Å²) < 4.78 is 0. The Hall–Kier alpha value is -0.570. The van der Waals surface area contributed by atoms with E-state index >= 15 is 0 Å². The van der Waals surface area contributed by atoms with Gasteiger partial charge in [0.2, 0.25) is 0 Å². The molecule has 0 bridgehead atoms. The van der Waals surface area contributed by atoms with Gasteiger partial charge in [0.05, 0.1) is 0 Å². The molecule has 1 heterocycles. The van der Waals surface area contributed by atoms with Gasteiger partial charge in [-0.2, -0.15) is 0 Å². The second-order valence-corrected chi connectivity index (χ2v) is 9.44. The zero-order chi connectivity index (χ0) is 18.1. The van der Waals surface area contributed by atoms with Crippen molar-refractivity contribution in [1.29, 1.82) is 0 Å². The Bertz CT molecular complexity index is 579. The third-order valence-electron chi connectivity index (χ3n) is 7.68. The molecule has 0 atom stereocenters. The van der Waals surface area contributed by atoms with Gasteiger partial charge in [0, 0.05) is 22.6 Å². The molecule has 3 fully saturated rings. The van der Waals surface area contributed by atoms with Crippen molar-refractivity contribution in [3.05, 3.63) is 34.9 Å². The van der Waals surface area contributed by atoms with E-state index in [0.717, 1.165) is 23.0 Å². The van der Waals surface area contributed by atoms with Crippen molar-refractivity contribution in [1.82, 2.24) is 9.80 Å². The van der Waals surface area contributed by atoms with Gasteiger partial charge in [-0.1, -0.05) is 37.1 Å². The molecule has 1 aromatic carbocycles. The van der Waals surface area contributed by atoms with E-state index < -0.39 is 0 Å². The summed E-state index contributed by atoms with van der Waals surface area (Å²) in [6, 6.07) is 10.3. The molecule has 3 heteroatoms. The molecule has 2 saturated carbocycles. The Morgan fingerprint density at radius 2 is 1.62 bits per heavy atom. The largest absolute Gasteiger partial charge is 0.300 e. The number of nitrogens with zero attached hydrogens (tertiary/aromatic N) is 2. The Balaban J connectivity index is 1.47. The Labute approximate surface area is 164 Å².